The van der Waals surface area contributed by atoms with E-state index >= 15 is 0 Å². The zero-order valence-corrected chi connectivity index (χ0v) is 13.2. The average Bonchev–Trinajstić information content (AvgIpc) is 3.19. The molecule has 2 aromatic rings. The van der Waals surface area contributed by atoms with E-state index in [2.05, 4.69) is 15.6 Å². The lowest BCUT2D eigenvalue weighted by Gasteiger charge is -2.17. The van der Waals surface area contributed by atoms with E-state index < -0.39 is 0 Å². The van der Waals surface area contributed by atoms with Crippen molar-refractivity contribution in [3.8, 4) is 0 Å². The molecule has 1 aromatic heterocycles. The number of nitrogens with zero attached hydrogens (tertiary/aromatic N) is 1. The van der Waals surface area contributed by atoms with E-state index in [-0.39, 0.29) is 17.3 Å². The number of urea groups is 1. The summed E-state index contributed by atoms with van der Waals surface area (Å²) in [5.41, 5.74) is 1.07. The molecule has 1 aliphatic rings. The second kappa shape index (κ2) is 6.04. The van der Waals surface area contributed by atoms with Gasteiger partial charge in [-0.2, -0.15) is 0 Å². The zero-order valence-electron chi connectivity index (χ0n) is 12.4. The van der Waals surface area contributed by atoms with Gasteiger partial charge < -0.3 is 10.6 Å². The summed E-state index contributed by atoms with van der Waals surface area (Å²) in [6.07, 6.45) is 3.82. The molecule has 3 rings (SSSR count). The van der Waals surface area contributed by atoms with Crippen LogP contribution in [0.15, 0.2) is 30.5 Å². The third-order valence-electron chi connectivity index (χ3n) is 3.99. The van der Waals surface area contributed by atoms with Crippen LogP contribution in [-0.4, -0.2) is 17.6 Å². The zero-order chi connectivity index (χ0) is 15.6. The summed E-state index contributed by atoms with van der Waals surface area (Å²) >= 11 is 1.57. The quantitative estimate of drug-likeness (QED) is 0.889. The van der Waals surface area contributed by atoms with Crippen LogP contribution in [-0.2, 0) is 12.0 Å². The lowest BCUT2D eigenvalue weighted by molar-refractivity contribution is 0.239. The first-order valence-corrected chi connectivity index (χ1v) is 8.08. The lowest BCUT2D eigenvalue weighted by atomic mass is 9.96. The number of carbonyl (C=O) groups excluding carboxylic acids is 1. The summed E-state index contributed by atoms with van der Waals surface area (Å²) in [6.45, 7) is 3.00. The number of aryl methyl sites for hydroxylation is 1. The highest BCUT2D eigenvalue weighted by Gasteiger charge is 2.44. The van der Waals surface area contributed by atoms with Crippen molar-refractivity contribution in [3.63, 3.8) is 0 Å². The van der Waals surface area contributed by atoms with Gasteiger partial charge in [-0.1, -0.05) is 12.1 Å². The molecule has 1 heterocycles. The molecule has 4 nitrogen and oxygen atoms in total. The maximum Gasteiger partial charge on any atom is 0.315 e. The van der Waals surface area contributed by atoms with Crippen molar-refractivity contribution in [3.05, 3.63) is 51.7 Å². The Hall–Kier alpha value is -1.95. The van der Waals surface area contributed by atoms with E-state index in [9.17, 15) is 9.18 Å². The molecule has 2 amide bonds. The molecule has 1 fully saturated rings. The van der Waals surface area contributed by atoms with Crippen LogP contribution in [0.4, 0.5) is 9.18 Å². The fourth-order valence-corrected chi connectivity index (χ4v) is 3.22. The third kappa shape index (κ3) is 3.44. The third-order valence-corrected chi connectivity index (χ3v) is 4.90. The molecule has 22 heavy (non-hydrogen) atoms. The van der Waals surface area contributed by atoms with Crippen molar-refractivity contribution in [2.75, 3.05) is 6.54 Å². The van der Waals surface area contributed by atoms with Crippen molar-refractivity contribution in [2.24, 2.45) is 0 Å². The monoisotopic (exact) mass is 319 g/mol. The van der Waals surface area contributed by atoms with Crippen molar-refractivity contribution in [1.29, 1.82) is 0 Å². The Morgan fingerprint density at radius 1 is 1.32 bits per heavy atom. The van der Waals surface area contributed by atoms with E-state index in [0.29, 0.717) is 13.1 Å². The molecule has 0 radical (unpaired) electrons. The number of hydrogen-bond acceptors (Lipinski definition) is 3. The Morgan fingerprint density at radius 2 is 2.05 bits per heavy atom. The number of rotatable bonds is 5. The molecular formula is C16H18FN3OS. The van der Waals surface area contributed by atoms with E-state index in [0.717, 1.165) is 28.3 Å². The van der Waals surface area contributed by atoms with Gasteiger partial charge in [0, 0.05) is 23.0 Å². The Bertz CT molecular complexity index is 664. The predicted octanol–water partition coefficient (Wildman–Crippen LogP) is 3.12. The molecule has 0 bridgehead atoms. The molecule has 6 heteroatoms. The van der Waals surface area contributed by atoms with E-state index in [1.54, 1.807) is 17.5 Å². The molecule has 1 aromatic carbocycles. The van der Waals surface area contributed by atoms with Gasteiger partial charge in [-0.25, -0.2) is 14.2 Å². The van der Waals surface area contributed by atoms with Gasteiger partial charge in [0.1, 0.15) is 5.82 Å². The number of halogens is 1. The van der Waals surface area contributed by atoms with E-state index in [1.165, 1.54) is 12.1 Å². The molecule has 0 unspecified atom stereocenters. The van der Waals surface area contributed by atoms with Gasteiger partial charge in [0.05, 0.1) is 11.6 Å². The lowest BCUT2D eigenvalue weighted by Crippen LogP contribution is -2.39. The maximum atomic E-state index is 13.0. The number of thiazole rings is 1. The number of carbonyl (C=O) groups is 1. The van der Waals surface area contributed by atoms with Crippen LogP contribution in [0, 0.1) is 12.7 Å². The minimum absolute atomic E-state index is 0.0217. The molecule has 116 valence electrons. The minimum atomic E-state index is -0.231. The van der Waals surface area contributed by atoms with Crippen LogP contribution in [0.5, 0.6) is 0 Å². The number of nitrogens with one attached hydrogen (secondary N) is 2. The van der Waals surface area contributed by atoms with Gasteiger partial charge in [-0.3, -0.25) is 0 Å². The SMILES string of the molecule is Cc1ncc(CNC(=O)NCC2(c3ccc(F)cc3)CC2)s1. The van der Waals surface area contributed by atoms with Gasteiger partial charge in [0.25, 0.3) is 0 Å². The van der Waals surface area contributed by atoms with Crippen molar-refractivity contribution >= 4 is 17.4 Å². The second-order valence-electron chi connectivity index (χ2n) is 5.67. The summed E-state index contributed by atoms with van der Waals surface area (Å²) in [7, 11) is 0. The van der Waals surface area contributed by atoms with Crippen LogP contribution >= 0.6 is 11.3 Å². The van der Waals surface area contributed by atoms with Crippen LogP contribution in [0.25, 0.3) is 0 Å². The molecule has 0 atom stereocenters. The molecule has 1 saturated carbocycles. The van der Waals surface area contributed by atoms with E-state index in [1.807, 2.05) is 19.1 Å². The van der Waals surface area contributed by atoms with Gasteiger partial charge >= 0.3 is 6.03 Å². The first-order valence-electron chi connectivity index (χ1n) is 7.26. The van der Waals surface area contributed by atoms with E-state index in [4.69, 9.17) is 0 Å². The molecule has 0 saturated heterocycles. The number of amides is 2. The van der Waals surface area contributed by atoms with Crippen LogP contribution < -0.4 is 10.6 Å². The summed E-state index contributed by atoms with van der Waals surface area (Å²) < 4.78 is 13.0. The van der Waals surface area contributed by atoms with Gasteiger partial charge in [0.15, 0.2) is 0 Å². The van der Waals surface area contributed by atoms with Gasteiger partial charge in [0.2, 0.25) is 0 Å². The highest BCUT2D eigenvalue weighted by atomic mass is 32.1. The fourth-order valence-electron chi connectivity index (χ4n) is 2.49. The highest BCUT2D eigenvalue weighted by Crippen LogP contribution is 2.47. The minimum Gasteiger partial charge on any atom is -0.337 e. The first kappa shape index (κ1) is 15.0. The molecule has 0 spiro atoms. The van der Waals surface area contributed by atoms with Gasteiger partial charge in [-0.15, -0.1) is 11.3 Å². The molecular weight excluding hydrogens is 301 g/mol. The van der Waals surface area contributed by atoms with Crippen molar-refractivity contribution < 1.29 is 9.18 Å². The number of aromatic nitrogens is 1. The number of benzene rings is 1. The highest BCUT2D eigenvalue weighted by molar-refractivity contribution is 7.11. The van der Waals surface area contributed by atoms with Crippen LogP contribution in [0.3, 0.4) is 0 Å². The molecule has 2 N–H and O–H groups in total. The van der Waals surface area contributed by atoms with Gasteiger partial charge in [-0.05, 0) is 37.5 Å². The Morgan fingerprint density at radius 3 is 2.64 bits per heavy atom. The Kier molecular flexibility index (Phi) is 4.11. The first-order chi connectivity index (χ1) is 10.6. The topological polar surface area (TPSA) is 54.0 Å². The summed E-state index contributed by atoms with van der Waals surface area (Å²) in [4.78, 5) is 17.1. The van der Waals surface area contributed by atoms with Crippen LogP contribution in [0.1, 0.15) is 28.3 Å². The molecule has 1 aliphatic carbocycles. The Labute approximate surface area is 132 Å². The average molecular weight is 319 g/mol. The standard InChI is InChI=1S/C16H18FN3OS/c1-11-18-8-14(22-11)9-19-15(21)20-10-16(6-7-16)12-2-4-13(17)5-3-12/h2-5,8H,6-7,9-10H2,1H3,(H2,19,20,21). The fraction of sp³-hybridized carbons (Fsp3) is 0.375. The smallest absolute Gasteiger partial charge is 0.315 e. The maximum absolute atomic E-state index is 13.0. The van der Waals surface area contributed by atoms with Crippen molar-refractivity contribution in [2.45, 2.75) is 31.7 Å². The molecule has 0 aliphatic heterocycles. The van der Waals surface area contributed by atoms with Crippen LogP contribution in [0.2, 0.25) is 0 Å². The Balaban J connectivity index is 1.49. The summed E-state index contributed by atoms with van der Waals surface area (Å²) in [5.74, 6) is -0.231. The van der Waals surface area contributed by atoms with Crippen molar-refractivity contribution in [1.82, 2.24) is 15.6 Å². The largest absolute Gasteiger partial charge is 0.337 e. The normalized spacial score (nSPS) is 15.4. The predicted molar refractivity (Wildman–Crippen MR) is 84.4 cm³/mol. The summed E-state index contributed by atoms with van der Waals surface area (Å²) in [5, 5.41) is 6.74. The summed E-state index contributed by atoms with van der Waals surface area (Å²) in [6, 6.07) is 6.38. The second-order valence-corrected chi connectivity index (χ2v) is 6.99. The number of hydrogen-bond donors (Lipinski definition) is 2.